The van der Waals surface area contributed by atoms with Crippen molar-refractivity contribution < 1.29 is 29.0 Å². The highest BCUT2D eigenvalue weighted by molar-refractivity contribution is 5.88. The fraction of sp³-hybridized carbons (Fsp3) is 0.484. The van der Waals surface area contributed by atoms with Crippen LogP contribution in [0.4, 0.5) is 4.79 Å². The molecule has 10 heteroatoms. The number of alkyl carbamates (subject to hydrolysis) is 1. The normalized spacial score (nSPS) is 14.8. The highest BCUT2D eigenvalue weighted by atomic mass is 16.5. The van der Waals surface area contributed by atoms with E-state index in [9.17, 15) is 24.3 Å². The lowest BCUT2D eigenvalue weighted by Gasteiger charge is -2.31. The molecule has 41 heavy (non-hydrogen) atoms. The molecule has 2 rings (SSSR count). The fourth-order valence-corrected chi connectivity index (χ4v) is 4.40. The second-order valence-corrected chi connectivity index (χ2v) is 11.0. The molecular formula is C31H44N4O6. The second kappa shape index (κ2) is 16.4. The summed E-state index contributed by atoms with van der Waals surface area (Å²) in [5.74, 6) is -2.55. The van der Waals surface area contributed by atoms with Gasteiger partial charge in [-0.3, -0.25) is 14.4 Å². The summed E-state index contributed by atoms with van der Waals surface area (Å²) in [5, 5.41) is 19.4. The quantitative estimate of drug-likeness (QED) is 0.222. The SMILES string of the molecule is CC(C)C(CC(O)C(Cc1ccccc1)NC(=O)[C@H](C)NC(=O)OCc1ccccc1)C(=O)N[C@H](C(N)=O)C(C)C. The summed E-state index contributed by atoms with van der Waals surface area (Å²) in [6.07, 6.45) is -1.53. The summed E-state index contributed by atoms with van der Waals surface area (Å²) in [7, 11) is 0. The number of benzene rings is 2. The van der Waals surface area contributed by atoms with E-state index in [0.717, 1.165) is 11.1 Å². The van der Waals surface area contributed by atoms with E-state index in [1.165, 1.54) is 6.92 Å². The number of carbonyl (C=O) groups is 4. The molecule has 4 amide bonds. The van der Waals surface area contributed by atoms with Crippen LogP contribution in [-0.2, 0) is 32.1 Å². The van der Waals surface area contributed by atoms with E-state index in [4.69, 9.17) is 10.5 Å². The maximum Gasteiger partial charge on any atom is 0.408 e. The average molecular weight is 569 g/mol. The minimum Gasteiger partial charge on any atom is -0.445 e. The van der Waals surface area contributed by atoms with E-state index in [0.29, 0.717) is 6.42 Å². The molecule has 0 fully saturated rings. The third-order valence-electron chi connectivity index (χ3n) is 6.94. The van der Waals surface area contributed by atoms with Crippen LogP contribution in [0.2, 0.25) is 0 Å². The molecule has 0 spiro atoms. The van der Waals surface area contributed by atoms with E-state index < -0.39 is 54.0 Å². The molecule has 2 aromatic rings. The maximum atomic E-state index is 13.2. The smallest absolute Gasteiger partial charge is 0.408 e. The number of ether oxygens (including phenoxy) is 1. The Labute approximate surface area is 242 Å². The lowest BCUT2D eigenvalue weighted by molar-refractivity contribution is -0.132. The van der Waals surface area contributed by atoms with Gasteiger partial charge < -0.3 is 31.5 Å². The van der Waals surface area contributed by atoms with Gasteiger partial charge in [0.2, 0.25) is 17.7 Å². The van der Waals surface area contributed by atoms with Gasteiger partial charge in [-0.2, -0.15) is 0 Å². The molecule has 0 heterocycles. The maximum absolute atomic E-state index is 13.2. The first-order valence-corrected chi connectivity index (χ1v) is 14.0. The van der Waals surface area contributed by atoms with Gasteiger partial charge >= 0.3 is 6.09 Å². The van der Waals surface area contributed by atoms with Crippen molar-refractivity contribution in [2.24, 2.45) is 23.5 Å². The van der Waals surface area contributed by atoms with Crippen LogP contribution in [0.15, 0.2) is 60.7 Å². The van der Waals surface area contributed by atoms with Crippen molar-refractivity contribution in [1.82, 2.24) is 16.0 Å². The molecule has 0 bridgehead atoms. The molecule has 2 aromatic carbocycles. The molecule has 0 aliphatic carbocycles. The van der Waals surface area contributed by atoms with Crippen LogP contribution in [0.3, 0.4) is 0 Å². The first kappa shape index (κ1) is 33.3. The Kier molecular flexibility index (Phi) is 13.3. The Hall–Kier alpha value is -3.92. The third kappa shape index (κ3) is 11.2. The van der Waals surface area contributed by atoms with Crippen LogP contribution in [0.25, 0.3) is 0 Å². The van der Waals surface area contributed by atoms with Crippen molar-refractivity contribution in [3.8, 4) is 0 Å². The summed E-state index contributed by atoms with van der Waals surface area (Å²) in [4.78, 5) is 50.4. The molecule has 10 nitrogen and oxygen atoms in total. The highest BCUT2D eigenvalue weighted by Crippen LogP contribution is 2.21. The highest BCUT2D eigenvalue weighted by Gasteiger charge is 2.33. The molecule has 5 atom stereocenters. The van der Waals surface area contributed by atoms with E-state index >= 15 is 0 Å². The van der Waals surface area contributed by atoms with E-state index in [1.807, 2.05) is 74.5 Å². The Bertz CT molecular complexity index is 1130. The standard InChI is InChI=1S/C31H44N4O6/c1-19(2)24(30(39)35-27(20(3)4)28(32)37)17-26(36)25(16-22-12-8-6-9-13-22)34-29(38)21(5)33-31(40)41-18-23-14-10-7-11-15-23/h6-15,19-21,24-27,36H,16-18H2,1-5H3,(H2,32,37)(H,33,40)(H,34,38)(H,35,39)/t21-,24?,25?,26?,27-/m0/s1. The number of aliphatic hydroxyl groups is 1. The minimum absolute atomic E-state index is 0.0335. The lowest BCUT2D eigenvalue weighted by Crippen LogP contribution is -2.54. The number of rotatable bonds is 15. The largest absolute Gasteiger partial charge is 0.445 e. The zero-order valence-corrected chi connectivity index (χ0v) is 24.5. The minimum atomic E-state index is -1.11. The number of nitrogens with one attached hydrogen (secondary N) is 3. The van der Waals surface area contributed by atoms with Crippen LogP contribution in [-0.4, -0.2) is 53.2 Å². The molecule has 3 unspecified atom stereocenters. The van der Waals surface area contributed by atoms with Gasteiger partial charge in [0, 0.05) is 5.92 Å². The number of hydrogen-bond acceptors (Lipinski definition) is 6. The Morgan fingerprint density at radius 2 is 1.34 bits per heavy atom. The van der Waals surface area contributed by atoms with Gasteiger partial charge in [-0.15, -0.1) is 0 Å². The van der Waals surface area contributed by atoms with E-state index in [2.05, 4.69) is 16.0 Å². The number of aliphatic hydroxyl groups excluding tert-OH is 1. The molecule has 0 aliphatic rings. The fourth-order valence-electron chi connectivity index (χ4n) is 4.40. The number of primary amides is 1. The molecule has 224 valence electrons. The zero-order chi connectivity index (χ0) is 30.5. The van der Waals surface area contributed by atoms with Gasteiger partial charge in [0.1, 0.15) is 18.7 Å². The van der Waals surface area contributed by atoms with Crippen LogP contribution in [0, 0.1) is 17.8 Å². The van der Waals surface area contributed by atoms with Crippen LogP contribution < -0.4 is 21.7 Å². The zero-order valence-electron chi connectivity index (χ0n) is 24.5. The Balaban J connectivity index is 2.11. The lowest BCUT2D eigenvalue weighted by atomic mass is 9.85. The van der Waals surface area contributed by atoms with Crippen molar-refractivity contribution in [2.75, 3.05) is 0 Å². The van der Waals surface area contributed by atoms with E-state index in [-0.39, 0.29) is 24.9 Å². The molecule has 0 saturated carbocycles. The summed E-state index contributed by atoms with van der Waals surface area (Å²) < 4.78 is 5.21. The molecule has 0 aliphatic heterocycles. The molecule has 0 saturated heterocycles. The van der Waals surface area contributed by atoms with Crippen molar-refractivity contribution in [3.05, 3.63) is 71.8 Å². The Morgan fingerprint density at radius 1 is 0.780 bits per heavy atom. The molecule has 0 radical (unpaired) electrons. The molecule has 6 N–H and O–H groups in total. The number of nitrogens with two attached hydrogens (primary N) is 1. The first-order valence-electron chi connectivity index (χ1n) is 14.0. The predicted molar refractivity (Wildman–Crippen MR) is 156 cm³/mol. The van der Waals surface area contributed by atoms with Gasteiger partial charge in [0.15, 0.2) is 0 Å². The summed E-state index contributed by atoms with van der Waals surface area (Å²) in [6.45, 7) is 8.85. The van der Waals surface area contributed by atoms with Gasteiger partial charge in [-0.05, 0) is 42.7 Å². The number of hydrogen-bond donors (Lipinski definition) is 5. The van der Waals surface area contributed by atoms with Crippen molar-refractivity contribution >= 4 is 23.8 Å². The topological polar surface area (TPSA) is 160 Å². The van der Waals surface area contributed by atoms with Crippen molar-refractivity contribution in [3.63, 3.8) is 0 Å². The molecule has 0 aromatic heterocycles. The summed E-state index contributed by atoms with van der Waals surface area (Å²) in [6, 6.07) is 15.9. The number of carbonyl (C=O) groups excluding carboxylic acids is 4. The van der Waals surface area contributed by atoms with Crippen molar-refractivity contribution in [1.29, 1.82) is 0 Å². The third-order valence-corrected chi connectivity index (χ3v) is 6.94. The van der Waals surface area contributed by atoms with Gasteiger partial charge in [0.25, 0.3) is 0 Å². The first-order chi connectivity index (χ1) is 19.4. The average Bonchev–Trinajstić information content (AvgIpc) is 2.93. The Morgan fingerprint density at radius 3 is 1.85 bits per heavy atom. The second-order valence-electron chi connectivity index (χ2n) is 11.0. The predicted octanol–water partition coefficient (Wildman–Crippen LogP) is 2.68. The van der Waals surface area contributed by atoms with Gasteiger partial charge in [-0.1, -0.05) is 88.4 Å². The summed E-state index contributed by atoms with van der Waals surface area (Å²) >= 11 is 0. The van der Waals surface area contributed by atoms with Crippen LogP contribution in [0.1, 0.15) is 52.2 Å². The van der Waals surface area contributed by atoms with E-state index in [1.54, 1.807) is 13.8 Å². The number of amides is 4. The molecular weight excluding hydrogens is 524 g/mol. The van der Waals surface area contributed by atoms with Crippen molar-refractivity contribution in [2.45, 2.75) is 78.3 Å². The monoisotopic (exact) mass is 568 g/mol. The van der Waals surface area contributed by atoms with Crippen LogP contribution >= 0.6 is 0 Å². The van der Waals surface area contributed by atoms with Crippen LogP contribution in [0.5, 0.6) is 0 Å². The van der Waals surface area contributed by atoms with Gasteiger partial charge in [0.05, 0.1) is 12.1 Å². The summed E-state index contributed by atoms with van der Waals surface area (Å²) in [5.41, 5.74) is 7.16. The van der Waals surface area contributed by atoms with Gasteiger partial charge in [-0.25, -0.2) is 4.79 Å².